The minimum atomic E-state index is -0.475. The summed E-state index contributed by atoms with van der Waals surface area (Å²) in [7, 11) is 0. The van der Waals surface area contributed by atoms with Crippen LogP contribution >= 0.6 is 11.3 Å². The van der Waals surface area contributed by atoms with Crippen molar-refractivity contribution in [3.8, 4) is 0 Å². The average Bonchev–Trinajstić information content (AvgIpc) is 3.09. The summed E-state index contributed by atoms with van der Waals surface area (Å²) in [6.45, 7) is 1.56. The van der Waals surface area contributed by atoms with Crippen molar-refractivity contribution in [3.05, 3.63) is 46.0 Å². The molecule has 2 aliphatic rings. The molecule has 0 radical (unpaired) electrons. The number of quaternary nitrogens is 1. The van der Waals surface area contributed by atoms with Crippen LogP contribution in [0.15, 0.2) is 34.3 Å². The number of hydrogen-bond acceptors (Lipinski definition) is 4. The molecule has 0 saturated heterocycles. The molecule has 4 rings (SSSR count). The van der Waals surface area contributed by atoms with Crippen molar-refractivity contribution < 1.29 is 18.9 Å². The molecule has 7 heteroatoms. The zero-order valence-corrected chi connectivity index (χ0v) is 14.7. The lowest BCUT2D eigenvalue weighted by Gasteiger charge is -2.32. The Labute approximate surface area is 150 Å². The normalized spacial score (nSPS) is 22.2. The van der Waals surface area contributed by atoms with Crippen molar-refractivity contribution in [2.75, 3.05) is 13.1 Å². The van der Waals surface area contributed by atoms with Crippen LogP contribution in [0.3, 0.4) is 0 Å². The zero-order valence-electron chi connectivity index (χ0n) is 13.9. The predicted octanol–water partition coefficient (Wildman–Crippen LogP) is 1.26. The fourth-order valence-electron chi connectivity index (χ4n) is 3.70. The van der Waals surface area contributed by atoms with Gasteiger partial charge in [-0.1, -0.05) is 0 Å². The highest BCUT2D eigenvalue weighted by Crippen LogP contribution is 2.42. The predicted molar refractivity (Wildman–Crippen MR) is 93.3 cm³/mol. The van der Waals surface area contributed by atoms with Gasteiger partial charge in [0.25, 0.3) is 5.91 Å². The number of carbonyl (C=O) groups excluding carboxylic acids is 2. The lowest BCUT2D eigenvalue weighted by Crippen LogP contribution is -3.14. The summed E-state index contributed by atoms with van der Waals surface area (Å²) in [5.41, 5.74) is 1.42. The summed E-state index contributed by atoms with van der Waals surface area (Å²) in [5, 5.41) is 7.24. The molecule has 3 amide bonds. The average molecular weight is 360 g/mol. The molecule has 3 N–H and O–H groups in total. The fraction of sp³-hybridized carbons (Fsp3) is 0.444. The topological polar surface area (TPSA) is 75.8 Å². The molecule has 0 bridgehead atoms. The fourth-order valence-corrected chi connectivity index (χ4v) is 4.63. The van der Waals surface area contributed by atoms with E-state index in [0.717, 1.165) is 13.0 Å². The van der Waals surface area contributed by atoms with Gasteiger partial charge < -0.3 is 14.6 Å². The molecule has 1 unspecified atom stereocenters. The Morgan fingerprint density at radius 3 is 2.96 bits per heavy atom. The molecular formula is C18H22N3O3S+. The Morgan fingerprint density at radius 2 is 2.20 bits per heavy atom. The Kier molecular flexibility index (Phi) is 4.59. The second-order valence-electron chi connectivity index (χ2n) is 6.76. The van der Waals surface area contributed by atoms with Gasteiger partial charge in [-0.15, -0.1) is 11.3 Å². The van der Waals surface area contributed by atoms with Crippen molar-refractivity contribution in [2.24, 2.45) is 5.92 Å². The number of carbonyl (C=O) groups is 2. The van der Waals surface area contributed by atoms with Crippen LogP contribution in [0.1, 0.15) is 35.1 Å². The molecule has 1 aliphatic carbocycles. The highest BCUT2D eigenvalue weighted by Gasteiger charge is 2.43. The van der Waals surface area contributed by atoms with Crippen LogP contribution in [-0.2, 0) is 17.8 Å². The number of amides is 3. The zero-order chi connectivity index (χ0) is 17.2. The van der Waals surface area contributed by atoms with E-state index in [-0.39, 0.29) is 12.5 Å². The van der Waals surface area contributed by atoms with Crippen molar-refractivity contribution in [2.45, 2.75) is 31.8 Å². The summed E-state index contributed by atoms with van der Waals surface area (Å²) in [6.07, 6.45) is 5.06. The highest BCUT2D eigenvalue weighted by atomic mass is 32.1. The summed E-state index contributed by atoms with van der Waals surface area (Å²) in [4.78, 5) is 26.9. The number of fused-ring (bicyclic) bond motifs is 1. The van der Waals surface area contributed by atoms with E-state index in [0.29, 0.717) is 24.3 Å². The van der Waals surface area contributed by atoms with Crippen LogP contribution in [0.25, 0.3) is 0 Å². The van der Waals surface area contributed by atoms with Crippen molar-refractivity contribution in [3.63, 3.8) is 0 Å². The summed E-state index contributed by atoms with van der Waals surface area (Å²) < 4.78 is 5.15. The standard InChI is InChI=1S/C18H21N3O3S/c22-16(20-18(23)19-10-13-2-1-8-24-13)11-21-7-5-15-14(6-9-25-15)17(21)12-3-4-12/h1-2,6,8-9,12,17H,3-5,7,10-11H2,(H2,19,20,22,23)/p+1/t17-/m1/s1. The number of nitrogens with one attached hydrogen (secondary N) is 3. The minimum absolute atomic E-state index is 0.226. The molecule has 132 valence electrons. The van der Waals surface area contributed by atoms with E-state index in [1.54, 1.807) is 18.4 Å². The summed E-state index contributed by atoms with van der Waals surface area (Å²) in [5.74, 6) is 1.11. The number of urea groups is 1. The quantitative estimate of drug-likeness (QED) is 0.751. The van der Waals surface area contributed by atoms with E-state index >= 15 is 0 Å². The third-order valence-corrected chi connectivity index (χ3v) is 5.96. The highest BCUT2D eigenvalue weighted by molar-refractivity contribution is 7.10. The second-order valence-corrected chi connectivity index (χ2v) is 7.76. The van der Waals surface area contributed by atoms with Crippen LogP contribution in [0.4, 0.5) is 4.79 Å². The molecule has 0 spiro atoms. The summed E-state index contributed by atoms with van der Waals surface area (Å²) >= 11 is 1.82. The van der Waals surface area contributed by atoms with E-state index in [1.165, 1.54) is 28.2 Å². The van der Waals surface area contributed by atoms with Gasteiger partial charge in [-0.25, -0.2) is 4.79 Å². The number of thiophene rings is 1. The molecule has 2 aromatic rings. The molecule has 3 heterocycles. The van der Waals surface area contributed by atoms with Gasteiger partial charge in [-0.05, 0) is 36.4 Å². The van der Waals surface area contributed by atoms with Gasteiger partial charge in [0.1, 0.15) is 11.8 Å². The number of rotatable bonds is 5. The van der Waals surface area contributed by atoms with E-state index in [2.05, 4.69) is 22.1 Å². The minimum Gasteiger partial charge on any atom is -0.467 e. The maximum atomic E-state index is 12.3. The Hall–Kier alpha value is -2.12. The molecule has 2 atom stereocenters. The third kappa shape index (κ3) is 3.77. The number of imide groups is 1. The molecule has 6 nitrogen and oxygen atoms in total. The molecule has 2 aromatic heterocycles. The van der Waals surface area contributed by atoms with Gasteiger partial charge in [-0.3, -0.25) is 10.1 Å². The van der Waals surface area contributed by atoms with E-state index in [9.17, 15) is 9.59 Å². The van der Waals surface area contributed by atoms with Gasteiger partial charge in [-0.2, -0.15) is 0 Å². The molecular weight excluding hydrogens is 338 g/mol. The van der Waals surface area contributed by atoms with Crippen molar-refractivity contribution >= 4 is 23.3 Å². The SMILES string of the molecule is O=C(C[NH+]1CCc2sccc2[C@H]1C1CC1)NC(=O)NCc1ccco1. The van der Waals surface area contributed by atoms with Crippen LogP contribution in [0, 0.1) is 5.92 Å². The first-order valence-electron chi connectivity index (χ1n) is 8.71. The van der Waals surface area contributed by atoms with E-state index < -0.39 is 6.03 Å². The first-order valence-corrected chi connectivity index (χ1v) is 9.59. The Balaban J connectivity index is 1.32. The first-order chi connectivity index (χ1) is 12.2. The van der Waals surface area contributed by atoms with Crippen molar-refractivity contribution in [1.29, 1.82) is 0 Å². The molecule has 1 aliphatic heterocycles. The molecule has 0 aromatic carbocycles. The van der Waals surface area contributed by atoms with Crippen molar-refractivity contribution in [1.82, 2.24) is 10.6 Å². The van der Waals surface area contributed by atoms with Crippen LogP contribution < -0.4 is 15.5 Å². The molecule has 1 saturated carbocycles. The maximum Gasteiger partial charge on any atom is 0.321 e. The summed E-state index contributed by atoms with van der Waals surface area (Å²) in [6, 6.07) is 5.69. The van der Waals surface area contributed by atoms with Crippen LogP contribution in [0.5, 0.6) is 0 Å². The monoisotopic (exact) mass is 360 g/mol. The van der Waals surface area contributed by atoms with Gasteiger partial charge in [0.15, 0.2) is 6.54 Å². The lowest BCUT2D eigenvalue weighted by molar-refractivity contribution is -0.928. The molecule has 1 fully saturated rings. The number of furan rings is 1. The second kappa shape index (κ2) is 7.01. The number of hydrogen-bond donors (Lipinski definition) is 3. The van der Waals surface area contributed by atoms with Gasteiger partial charge in [0.2, 0.25) is 0 Å². The lowest BCUT2D eigenvalue weighted by atomic mass is 9.96. The third-order valence-electron chi connectivity index (χ3n) is 4.97. The van der Waals surface area contributed by atoms with E-state index in [1.807, 2.05) is 11.3 Å². The first kappa shape index (κ1) is 16.4. The van der Waals surface area contributed by atoms with Gasteiger partial charge >= 0.3 is 6.03 Å². The van der Waals surface area contributed by atoms with E-state index in [4.69, 9.17) is 4.42 Å². The Morgan fingerprint density at radius 1 is 1.32 bits per heavy atom. The molecule has 25 heavy (non-hydrogen) atoms. The Bertz CT molecular complexity index is 751. The van der Waals surface area contributed by atoms with Gasteiger partial charge in [0.05, 0.1) is 19.4 Å². The van der Waals surface area contributed by atoms with Crippen LogP contribution in [-0.4, -0.2) is 25.0 Å². The maximum absolute atomic E-state index is 12.3. The van der Waals surface area contributed by atoms with Gasteiger partial charge in [0, 0.05) is 22.8 Å². The largest absolute Gasteiger partial charge is 0.467 e. The smallest absolute Gasteiger partial charge is 0.321 e. The van der Waals surface area contributed by atoms with Crippen LogP contribution in [0.2, 0.25) is 0 Å².